The maximum atomic E-state index is 12.6. The van der Waals surface area contributed by atoms with Gasteiger partial charge in [-0.3, -0.25) is 19.7 Å². The first-order valence-electron chi connectivity index (χ1n) is 9.21. The van der Waals surface area contributed by atoms with Crippen molar-refractivity contribution in [3.8, 4) is 0 Å². The molecule has 0 saturated carbocycles. The van der Waals surface area contributed by atoms with Gasteiger partial charge in [0.1, 0.15) is 6.04 Å². The van der Waals surface area contributed by atoms with Gasteiger partial charge in [-0.1, -0.05) is 36.4 Å². The number of nitrogens with one attached hydrogen (secondary N) is 3. The maximum Gasteiger partial charge on any atom is 0.270 e. The van der Waals surface area contributed by atoms with Crippen molar-refractivity contribution in [3.63, 3.8) is 0 Å². The van der Waals surface area contributed by atoms with Crippen LogP contribution in [0.5, 0.6) is 0 Å². The van der Waals surface area contributed by atoms with Gasteiger partial charge in [0.2, 0.25) is 5.91 Å². The van der Waals surface area contributed by atoms with E-state index in [0.717, 1.165) is 5.69 Å². The Balaban J connectivity index is 1.67. The summed E-state index contributed by atoms with van der Waals surface area (Å²) in [5.74, 6) is -0.992. The topological polar surface area (TPSA) is 113 Å². The monoisotopic (exact) mass is 404 g/mol. The molecule has 0 saturated heterocycles. The van der Waals surface area contributed by atoms with E-state index in [1.54, 1.807) is 12.1 Å². The second kappa shape index (κ2) is 9.33. The van der Waals surface area contributed by atoms with Crippen LogP contribution in [-0.2, 0) is 4.79 Å². The number of nitro benzene ring substituents is 1. The zero-order valence-electron chi connectivity index (χ0n) is 16.2. The highest BCUT2D eigenvalue weighted by Gasteiger charge is 2.19. The van der Waals surface area contributed by atoms with Crippen molar-refractivity contribution in [3.05, 3.63) is 94.5 Å². The summed E-state index contributed by atoms with van der Waals surface area (Å²) in [7, 11) is 0. The number of non-ortho nitro benzene ring substituents is 1. The van der Waals surface area contributed by atoms with Gasteiger partial charge < -0.3 is 16.0 Å². The molecule has 8 heteroatoms. The van der Waals surface area contributed by atoms with E-state index in [1.807, 2.05) is 42.5 Å². The van der Waals surface area contributed by atoms with Crippen LogP contribution in [0.2, 0.25) is 0 Å². The molecule has 0 heterocycles. The Morgan fingerprint density at radius 1 is 0.900 bits per heavy atom. The zero-order valence-corrected chi connectivity index (χ0v) is 16.2. The van der Waals surface area contributed by atoms with Crippen molar-refractivity contribution in [1.29, 1.82) is 0 Å². The lowest BCUT2D eigenvalue weighted by molar-refractivity contribution is -0.384. The van der Waals surface area contributed by atoms with E-state index in [1.165, 1.54) is 31.2 Å². The number of amides is 2. The molecule has 1 atom stereocenters. The van der Waals surface area contributed by atoms with Gasteiger partial charge in [-0.15, -0.1) is 0 Å². The van der Waals surface area contributed by atoms with Crippen LogP contribution in [0, 0.1) is 10.1 Å². The van der Waals surface area contributed by atoms with Crippen molar-refractivity contribution in [1.82, 2.24) is 5.32 Å². The number of anilines is 3. The minimum atomic E-state index is -0.860. The summed E-state index contributed by atoms with van der Waals surface area (Å²) in [6, 6.07) is 21.2. The van der Waals surface area contributed by atoms with Crippen molar-refractivity contribution >= 4 is 34.6 Å². The number of benzene rings is 3. The number of hydrogen-bond acceptors (Lipinski definition) is 5. The summed E-state index contributed by atoms with van der Waals surface area (Å²) < 4.78 is 0. The SMILES string of the molecule is CC(NC(=O)c1cccc([N+](=O)[O-])c1)C(=O)Nc1ccccc1Nc1ccccc1. The third-order valence-corrected chi connectivity index (χ3v) is 4.30. The van der Waals surface area contributed by atoms with Gasteiger partial charge in [-0.05, 0) is 37.3 Å². The second-order valence-corrected chi connectivity index (χ2v) is 6.53. The maximum absolute atomic E-state index is 12.6. The van der Waals surface area contributed by atoms with Crippen LogP contribution >= 0.6 is 0 Å². The van der Waals surface area contributed by atoms with Crippen LogP contribution in [0.25, 0.3) is 0 Å². The molecule has 3 N–H and O–H groups in total. The fraction of sp³-hybridized carbons (Fsp3) is 0.0909. The first-order valence-corrected chi connectivity index (χ1v) is 9.21. The number of para-hydroxylation sites is 3. The Labute approximate surface area is 173 Å². The van der Waals surface area contributed by atoms with E-state index in [4.69, 9.17) is 0 Å². The molecular formula is C22H20N4O4. The van der Waals surface area contributed by atoms with E-state index >= 15 is 0 Å². The lowest BCUT2D eigenvalue weighted by Gasteiger charge is -2.17. The quantitative estimate of drug-likeness (QED) is 0.405. The van der Waals surface area contributed by atoms with Crippen molar-refractivity contribution in [2.45, 2.75) is 13.0 Å². The van der Waals surface area contributed by atoms with Crippen LogP contribution in [0.3, 0.4) is 0 Å². The molecule has 0 fully saturated rings. The van der Waals surface area contributed by atoms with Crippen LogP contribution in [0.1, 0.15) is 17.3 Å². The van der Waals surface area contributed by atoms with Gasteiger partial charge in [-0.25, -0.2) is 0 Å². The lowest BCUT2D eigenvalue weighted by atomic mass is 10.1. The highest BCUT2D eigenvalue weighted by Crippen LogP contribution is 2.25. The number of carbonyl (C=O) groups excluding carboxylic acids is 2. The van der Waals surface area contributed by atoms with E-state index in [-0.39, 0.29) is 11.3 Å². The number of carbonyl (C=O) groups is 2. The number of hydrogen-bond donors (Lipinski definition) is 3. The third-order valence-electron chi connectivity index (χ3n) is 4.30. The second-order valence-electron chi connectivity index (χ2n) is 6.53. The van der Waals surface area contributed by atoms with Gasteiger partial charge in [0.15, 0.2) is 0 Å². The largest absolute Gasteiger partial charge is 0.354 e. The molecule has 3 aromatic rings. The molecule has 0 aliphatic carbocycles. The average Bonchev–Trinajstić information content (AvgIpc) is 2.75. The molecule has 152 valence electrons. The summed E-state index contributed by atoms with van der Waals surface area (Å²) in [6.07, 6.45) is 0. The Kier molecular flexibility index (Phi) is 6.39. The van der Waals surface area contributed by atoms with Crippen molar-refractivity contribution in [2.75, 3.05) is 10.6 Å². The lowest BCUT2D eigenvalue weighted by Crippen LogP contribution is -2.41. The summed E-state index contributed by atoms with van der Waals surface area (Å²) in [4.78, 5) is 35.3. The van der Waals surface area contributed by atoms with Gasteiger partial charge in [-0.2, -0.15) is 0 Å². The number of nitro groups is 1. The van der Waals surface area contributed by atoms with Crippen LogP contribution in [-0.4, -0.2) is 22.8 Å². The van der Waals surface area contributed by atoms with Crippen LogP contribution in [0.15, 0.2) is 78.9 Å². The Hall–Kier alpha value is -4.20. The number of rotatable bonds is 7. The third kappa shape index (κ3) is 5.20. The molecule has 0 spiro atoms. The van der Waals surface area contributed by atoms with Gasteiger partial charge in [0.05, 0.1) is 16.3 Å². The Morgan fingerprint density at radius 2 is 1.57 bits per heavy atom. The fourth-order valence-electron chi connectivity index (χ4n) is 2.73. The van der Waals surface area contributed by atoms with E-state index in [0.29, 0.717) is 11.4 Å². The Morgan fingerprint density at radius 3 is 2.27 bits per heavy atom. The molecule has 3 rings (SSSR count). The molecule has 2 amide bonds. The van der Waals surface area contributed by atoms with Crippen molar-refractivity contribution < 1.29 is 14.5 Å². The zero-order chi connectivity index (χ0) is 21.5. The van der Waals surface area contributed by atoms with Crippen molar-refractivity contribution in [2.24, 2.45) is 0 Å². The van der Waals surface area contributed by atoms with Gasteiger partial charge in [0, 0.05) is 23.4 Å². The first kappa shape index (κ1) is 20.5. The predicted molar refractivity (Wildman–Crippen MR) is 115 cm³/mol. The molecule has 0 aromatic heterocycles. The molecule has 30 heavy (non-hydrogen) atoms. The normalized spacial score (nSPS) is 11.2. The van der Waals surface area contributed by atoms with E-state index in [2.05, 4.69) is 16.0 Å². The standard InChI is InChI=1S/C22H20N4O4/c1-15(23-22(28)16-8-7-11-18(14-16)26(29)30)21(27)25-20-13-6-5-12-19(20)24-17-9-3-2-4-10-17/h2-15,24H,1H3,(H,23,28)(H,25,27). The van der Waals surface area contributed by atoms with Gasteiger partial charge in [0.25, 0.3) is 11.6 Å². The van der Waals surface area contributed by atoms with E-state index in [9.17, 15) is 19.7 Å². The highest BCUT2D eigenvalue weighted by molar-refractivity contribution is 6.02. The average molecular weight is 404 g/mol. The summed E-state index contributed by atoms with van der Waals surface area (Å²) in [5, 5.41) is 19.5. The van der Waals surface area contributed by atoms with E-state index < -0.39 is 22.8 Å². The minimum Gasteiger partial charge on any atom is -0.354 e. The van der Waals surface area contributed by atoms with Crippen LogP contribution in [0.4, 0.5) is 22.7 Å². The molecule has 0 bridgehead atoms. The molecule has 0 radical (unpaired) electrons. The first-order chi connectivity index (χ1) is 14.4. The molecule has 0 aliphatic rings. The predicted octanol–water partition coefficient (Wildman–Crippen LogP) is 4.10. The summed E-state index contributed by atoms with van der Waals surface area (Å²) in [5.41, 5.74) is 2.04. The van der Waals surface area contributed by atoms with Crippen LogP contribution < -0.4 is 16.0 Å². The fourth-order valence-corrected chi connectivity index (χ4v) is 2.73. The molecule has 3 aromatic carbocycles. The highest BCUT2D eigenvalue weighted by atomic mass is 16.6. The molecule has 0 aliphatic heterocycles. The smallest absolute Gasteiger partial charge is 0.270 e. The van der Waals surface area contributed by atoms with Gasteiger partial charge >= 0.3 is 0 Å². The number of nitrogens with zero attached hydrogens (tertiary/aromatic N) is 1. The molecule has 1 unspecified atom stereocenters. The molecular weight excluding hydrogens is 384 g/mol. The summed E-state index contributed by atoms with van der Waals surface area (Å²) >= 11 is 0. The Bertz CT molecular complexity index is 1070. The minimum absolute atomic E-state index is 0.106. The molecule has 8 nitrogen and oxygen atoms in total. The summed E-state index contributed by atoms with van der Waals surface area (Å²) in [6.45, 7) is 1.54.